The molecule has 0 bridgehead atoms. The van der Waals surface area contributed by atoms with E-state index in [0.29, 0.717) is 0 Å². The maximum atomic E-state index is 6.79. The lowest BCUT2D eigenvalue weighted by Crippen LogP contribution is -2.39. The zero-order chi connectivity index (χ0) is 14.0. The fraction of sp³-hybridized carbons (Fsp3) is 0.588. The van der Waals surface area contributed by atoms with Crippen molar-refractivity contribution in [1.29, 1.82) is 0 Å². The van der Waals surface area contributed by atoms with Crippen LogP contribution in [0.3, 0.4) is 0 Å². The van der Waals surface area contributed by atoms with Gasteiger partial charge < -0.3 is 10.3 Å². The molecule has 2 N–H and O–H groups in total. The van der Waals surface area contributed by atoms with Crippen molar-refractivity contribution in [3.63, 3.8) is 0 Å². The van der Waals surface area contributed by atoms with Crippen LogP contribution in [0.25, 0.3) is 11.0 Å². The van der Waals surface area contributed by atoms with Crippen LogP contribution < -0.4 is 5.73 Å². The molecule has 1 aliphatic carbocycles. The minimum atomic E-state index is -0.231. The molecule has 0 saturated heterocycles. The topological polar surface area (TPSA) is 43.8 Å². The Morgan fingerprint density at radius 1 is 1.15 bits per heavy atom. The van der Waals surface area contributed by atoms with E-state index in [-0.39, 0.29) is 5.54 Å². The summed E-state index contributed by atoms with van der Waals surface area (Å²) in [7, 11) is 0. The zero-order valence-electron chi connectivity index (χ0n) is 12.4. The smallest absolute Gasteiger partial charge is 0.130 e. The molecule has 1 fully saturated rings. The Hall–Kier alpha value is -1.35. The Balaban J connectivity index is 2.11. The average molecular weight is 271 g/mol. The summed E-state index contributed by atoms with van der Waals surface area (Å²) in [6.07, 6.45) is 8.33. The number of aryl methyl sites for hydroxylation is 1. The van der Waals surface area contributed by atoms with E-state index in [1.807, 2.05) is 0 Å². The molecule has 108 valence electrons. The van der Waals surface area contributed by atoms with Gasteiger partial charge in [-0.3, -0.25) is 0 Å². The number of aromatic nitrogens is 2. The van der Waals surface area contributed by atoms with Crippen molar-refractivity contribution >= 4 is 11.0 Å². The summed E-state index contributed by atoms with van der Waals surface area (Å²) in [4.78, 5) is 4.91. The first-order valence-electron chi connectivity index (χ1n) is 7.99. The molecule has 0 unspecified atom stereocenters. The average Bonchev–Trinajstić information content (AvgIpc) is 2.68. The van der Waals surface area contributed by atoms with Crippen LogP contribution in [0.2, 0.25) is 0 Å². The van der Waals surface area contributed by atoms with E-state index in [1.54, 1.807) is 0 Å². The molecule has 0 amide bonds. The minimum Gasteiger partial charge on any atom is -0.326 e. The van der Waals surface area contributed by atoms with Crippen molar-refractivity contribution in [2.45, 2.75) is 64.0 Å². The van der Waals surface area contributed by atoms with Gasteiger partial charge in [-0.25, -0.2) is 4.98 Å². The molecule has 3 rings (SSSR count). The Kier molecular flexibility index (Phi) is 3.79. The predicted molar refractivity (Wildman–Crippen MR) is 83.6 cm³/mol. The van der Waals surface area contributed by atoms with Crippen LogP contribution >= 0.6 is 0 Å². The Morgan fingerprint density at radius 3 is 2.55 bits per heavy atom. The first-order valence-corrected chi connectivity index (χ1v) is 7.99. The summed E-state index contributed by atoms with van der Waals surface area (Å²) in [5.74, 6) is 1.11. The lowest BCUT2D eigenvalue weighted by atomic mass is 9.90. The van der Waals surface area contributed by atoms with E-state index in [0.717, 1.165) is 37.1 Å². The first kappa shape index (κ1) is 13.6. The number of hydrogen-bond donors (Lipinski definition) is 1. The quantitative estimate of drug-likeness (QED) is 0.859. The maximum Gasteiger partial charge on any atom is 0.130 e. The maximum absolute atomic E-state index is 6.79. The van der Waals surface area contributed by atoms with Crippen LogP contribution in [0.1, 0.15) is 57.7 Å². The molecule has 3 nitrogen and oxygen atoms in total. The molecule has 3 heteroatoms. The second-order valence-corrected chi connectivity index (χ2v) is 6.15. The molecule has 1 aliphatic rings. The number of fused-ring (bicyclic) bond motifs is 1. The highest BCUT2D eigenvalue weighted by Gasteiger charge is 2.33. The number of nitrogens with two attached hydrogens (primary N) is 1. The van der Waals surface area contributed by atoms with Crippen LogP contribution in [0.5, 0.6) is 0 Å². The molecule has 20 heavy (non-hydrogen) atoms. The minimum absolute atomic E-state index is 0.231. The lowest BCUT2D eigenvalue weighted by Gasteiger charge is -2.28. The van der Waals surface area contributed by atoms with Gasteiger partial charge in [0, 0.05) is 6.54 Å². The summed E-state index contributed by atoms with van der Waals surface area (Å²) in [5, 5.41) is 0. The Morgan fingerprint density at radius 2 is 1.85 bits per heavy atom. The van der Waals surface area contributed by atoms with Gasteiger partial charge in [0.1, 0.15) is 5.82 Å². The molecule has 0 atom stereocenters. The number of para-hydroxylation sites is 2. The van der Waals surface area contributed by atoms with E-state index < -0.39 is 0 Å². The molecular formula is C17H25N3. The molecule has 0 aliphatic heterocycles. The highest BCUT2D eigenvalue weighted by atomic mass is 15.1. The number of imidazole rings is 1. The summed E-state index contributed by atoms with van der Waals surface area (Å²) in [6.45, 7) is 3.23. The van der Waals surface area contributed by atoms with Crippen molar-refractivity contribution in [3.05, 3.63) is 30.1 Å². The third-order valence-corrected chi connectivity index (χ3v) is 4.54. The molecular weight excluding hydrogens is 246 g/mol. The van der Waals surface area contributed by atoms with Gasteiger partial charge >= 0.3 is 0 Å². The van der Waals surface area contributed by atoms with E-state index in [4.69, 9.17) is 10.7 Å². The fourth-order valence-electron chi connectivity index (χ4n) is 3.49. The van der Waals surface area contributed by atoms with Gasteiger partial charge in [-0.15, -0.1) is 0 Å². The lowest BCUT2D eigenvalue weighted by molar-refractivity contribution is 0.348. The third-order valence-electron chi connectivity index (χ3n) is 4.54. The summed E-state index contributed by atoms with van der Waals surface area (Å²) < 4.78 is 2.36. The molecule has 0 spiro atoms. The second-order valence-electron chi connectivity index (χ2n) is 6.15. The van der Waals surface area contributed by atoms with Crippen molar-refractivity contribution < 1.29 is 0 Å². The van der Waals surface area contributed by atoms with Crippen LogP contribution in [0.4, 0.5) is 0 Å². The van der Waals surface area contributed by atoms with Crippen LogP contribution in [-0.4, -0.2) is 9.55 Å². The normalized spacial score (nSPS) is 19.1. The standard InChI is InChI=1S/C17H25N3/c1-2-13-20-15-10-6-5-9-14(15)19-16(20)17(18)11-7-3-4-8-12-17/h5-6,9-10H,2-4,7-8,11-13,18H2,1H3. The highest BCUT2D eigenvalue weighted by Crippen LogP contribution is 2.35. The fourth-order valence-corrected chi connectivity index (χ4v) is 3.49. The molecule has 1 heterocycles. The largest absolute Gasteiger partial charge is 0.326 e. The van der Waals surface area contributed by atoms with Gasteiger partial charge in [0.25, 0.3) is 0 Å². The zero-order valence-corrected chi connectivity index (χ0v) is 12.4. The monoisotopic (exact) mass is 271 g/mol. The SMILES string of the molecule is CCCn1c(C2(N)CCCCCC2)nc2ccccc21. The Bertz CT molecular complexity index is 577. The number of benzene rings is 1. The highest BCUT2D eigenvalue weighted by molar-refractivity contribution is 5.76. The molecule has 2 aromatic rings. The van der Waals surface area contributed by atoms with Crippen molar-refractivity contribution in [2.75, 3.05) is 0 Å². The van der Waals surface area contributed by atoms with E-state index in [2.05, 4.69) is 35.8 Å². The van der Waals surface area contributed by atoms with E-state index >= 15 is 0 Å². The molecule has 1 aromatic carbocycles. The number of nitrogens with zero attached hydrogens (tertiary/aromatic N) is 2. The number of hydrogen-bond acceptors (Lipinski definition) is 2. The van der Waals surface area contributed by atoms with Gasteiger partial charge in [0.2, 0.25) is 0 Å². The van der Waals surface area contributed by atoms with E-state index in [1.165, 1.54) is 31.2 Å². The number of rotatable bonds is 3. The third kappa shape index (κ3) is 2.35. The molecule has 1 aromatic heterocycles. The van der Waals surface area contributed by atoms with E-state index in [9.17, 15) is 0 Å². The van der Waals surface area contributed by atoms with Gasteiger partial charge in [-0.2, -0.15) is 0 Å². The van der Waals surface area contributed by atoms with Crippen molar-refractivity contribution in [2.24, 2.45) is 5.73 Å². The summed E-state index contributed by atoms with van der Waals surface area (Å²) in [6, 6.07) is 8.43. The Labute approximate surface area is 121 Å². The molecule has 1 saturated carbocycles. The second kappa shape index (κ2) is 5.57. The van der Waals surface area contributed by atoms with Gasteiger partial charge in [-0.05, 0) is 31.4 Å². The van der Waals surface area contributed by atoms with Gasteiger partial charge in [0.05, 0.1) is 16.6 Å². The summed E-state index contributed by atoms with van der Waals surface area (Å²) >= 11 is 0. The predicted octanol–water partition coefficient (Wildman–Crippen LogP) is 3.95. The summed E-state index contributed by atoms with van der Waals surface area (Å²) in [5.41, 5.74) is 8.88. The van der Waals surface area contributed by atoms with Gasteiger partial charge in [0.15, 0.2) is 0 Å². The van der Waals surface area contributed by atoms with Crippen LogP contribution in [-0.2, 0) is 12.1 Å². The molecule has 0 radical (unpaired) electrons. The first-order chi connectivity index (χ1) is 9.74. The van der Waals surface area contributed by atoms with Crippen LogP contribution in [0, 0.1) is 0 Å². The van der Waals surface area contributed by atoms with Gasteiger partial charge in [-0.1, -0.05) is 44.7 Å². The van der Waals surface area contributed by atoms with Crippen LogP contribution in [0.15, 0.2) is 24.3 Å². The van der Waals surface area contributed by atoms with Crippen molar-refractivity contribution in [3.8, 4) is 0 Å². The van der Waals surface area contributed by atoms with Crippen molar-refractivity contribution in [1.82, 2.24) is 9.55 Å².